The molecule has 6 atom stereocenters. The van der Waals surface area contributed by atoms with Crippen LogP contribution >= 0.6 is 0 Å². The number of hydrogen-bond acceptors (Lipinski definition) is 3. The summed E-state index contributed by atoms with van der Waals surface area (Å²) in [7, 11) is 0. The highest BCUT2D eigenvalue weighted by Gasteiger charge is 2.64. The van der Waals surface area contributed by atoms with Gasteiger partial charge in [0.1, 0.15) is 5.41 Å². The fourth-order valence-corrected chi connectivity index (χ4v) is 6.87. The van der Waals surface area contributed by atoms with Gasteiger partial charge in [0, 0.05) is 41.4 Å². The molecule has 0 radical (unpaired) electrons. The standard InChI is InChI=1S/C32H36N2O3/c1-19-8-7-9-24-16-21(3)22(4)30-28(17-23-18-33-27-11-6-5-10-26(23)27)34-31(37)32(24,30)29(36)13-12-25(35)15-20(2)14-19/h5-7,9-14,16,18-19,22,24,28,30,33H,8,15,17H2,1-4H3,(H,34,37)/b9-7+,13-12+,20-14-/t19-,22+,24-,28-,30-,32?/m0/s1. The number of hydrogen-bond donors (Lipinski definition) is 2. The number of aromatic nitrogens is 1. The van der Waals surface area contributed by atoms with Crippen molar-refractivity contribution in [2.45, 2.75) is 53.0 Å². The van der Waals surface area contributed by atoms with Crippen LogP contribution in [0.4, 0.5) is 0 Å². The van der Waals surface area contributed by atoms with Crippen LogP contribution in [-0.2, 0) is 20.8 Å². The number of ketones is 2. The molecule has 2 aliphatic carbocycles. The van der Waals surface area contributed by atoms with Crippen molar-refractivity contribution in [3.8, 4) is 0 Å². The van der Waals surface area contributed by atoms with E-state index in [1.165, 1.54) is 17.7 Å². The smallest absolute Gasteiger partial charge is 0.235 e. The largest absolute Gasteiger partial charge is 0.361 e. The Morgan fingerprint density at radius 2 is 1.81 bits per heavy atom. The predicted octanol–water partition coefficient (Wildman–Crippen LogP) is 5.65. The number of allylic oxidation sites excluding steroid dienone is 8. The summed E-state index contributed by atoms with van der Waals surface area (Å²) in [6, 6.07) is 7.95. The summed E-state index contributed by atoms with van der Waals surface area (Å²) in [5, 5.41) is 4.38. The van der Waals surface area contributed by atoms with Gasteiger partial charge in [0.2, 0.25) is 5.91 Å². The first kappa shape index (κ1) is 25.2. The summed E-state index contributed by atoms with van der Waals surface area (Å²) in [5.41, 5.74) is 3.10. The van der Waals surface area contributed by atoms with Crippen LogP contribution in [0.2, 0.25) is 0 Å². The van der Waals surface area contributed by atoms with Crippen LogP contribution in [0.3, 0.4) is 0 Å². The Balaban J connectivity index is 1.60. The van der Waals surface area contributed by atoms with Crippen LogP contribution in [0.25, 0.3) is 10.9 Å². The summed E-state index contributed by atoms with van der Waals surface area (Å²) in [6.45, 7) is 8.31. The maximum atomic E-state index is 14.1. The molecule has 37 heavy (non-hydrogen) atoms. The molecule has 1 unspecified atom stereocenters. The third-order valence-electron chi connectivity index (χ3n) is 8.69. The van der Waals surface area contributed by atoms with E-state index in [0.29, 0.717) is 6.42 Å². The molecule has 5 heteroatoms. The normalized spacial score (nSPS) is 35.7. The molecule has 1 fully saturated rings. The first-order valence-electron chi connectivity index (χ1n) is 13.3. The van der Waals surface area contributed by atoms with Gasteiger partial charge in [0.05, 0.1) is 0 Å². The highest BCUT2D eigenvalue weighted by molar-refractivity contribution is 6.15. The average Bonchev–Trinajstić information content (AvgIpc) is 3.39. The van der Waals surface area contributed by atoms with Gasteiger partial charge in [-0.3, -0.25) is 14.4 Å². The third-order valence-corrected chi connectivity index (χ3v) is 8.69. The van der Waals surface area contributed by atoms with Crippen molar-refractivity contribution in [3.05, 3.63) is 83.6 Å². The molecule has 1 aromatic heterocycles. The SMILES string of the molecule is CC1=C[C@@H]2/C=C/C[C@H](C)/C=C(/C)CC(=O)/C=C/C(=O)C23C(=O)N[C@@H](Cc2c[nH]c4ccccc24)[C@@H]3[C@@H]1C. The van der Waals surface area contributed by atoms with E-state index in [4.69, 9.17) is 0 Å². The Kier molecular flexibility index (Phi) is 6.65. The van der Waals surface area contributed by atoms with E-state index >= 15 is 0 Å². The van der Waals surface area contributed by atoms with E-state index < -0.39 is 5.41 Å². The second kappa shape index (κ2) is 9.77. The maximum Gasteiger partial charge on any atom is 0.235 e. The quantitative estimate of drug-likeness (QED) is 0.417. The highest BCUT2D eigenvalue weighted by Crippen LogP contribution is 2.54. The van der Waals surface area contributed by atoms with E-state index in [0.717, 1.165) is 28.5 Å². The molecule has 192 valence electrons. The minimum Gasteiger partial charge on any atom is -0.361 e. The molecule has 2 N–H and O–H groups in total. The Morgan fingerprint density at radius 3 is 2.62 bits per heavy atom. The van der Waals surface area contributed by atoms with Gasteiger partial charge >= 0.3 is 0 Å². The van der Waals surface area contributed by atoms with Crippen LogP contribution < -0.4 is 5.32 Å². The van der Waals surface area contributed by atoms with Crippen molar-refractivity contribution < 1.29 is 14.4 Å². The molecule has 1 spiro atoms. The number of rotatable bonds is 2. The Bertz CT molecular complexity index is 1370. The number of carbonyl (C=O) groups is 3. The lowest BCUT2D eigenvalue weighted by molar-refractivity contribution is -0.142. The number of aromatic amines is 1. The van der Waals surface area contributed by atoms with Crippen LogP contribution in [-0.4, -0.2) is 28.5 Å². The Morgan fingerprint density at radius 1 is 1.03 bits per heavy atom. The van der Waals surface area contributed by atoms with E-state index in [9.17, 15) is 14.4 Å². The number of fused-ring (bicyclic) bond motifs is 1. The molecular weight excluding hydrogens is 460 g/mol. The molecule has 1 amide bonds. The van der Waals surface area contributed by atoms with E-state index in [-0.39, 0.29) is 53.6 Å². The van der Waals surface area contributed by atoms with E-state index in [1.54, 1.807) is 0 Å². The summed E-state index contributed by atoms with van der Waals surface area (Å²) in [5.74, 6) is -0.928. The van der Waals surface area contributed by atoms with Crippen molar-refractivity contribution >= 4 is 28.4 Å². The van der Waals surface area contributed by atoms with Gasteiger partial charge in [-0.15, -0.1) is 0 Å². The number of para-hydroxylation sites is 1. The topological polar surface area (TPSA) is 79.0 Å². The van der Waals surface area contributed by atoms with Crippen LogP contribution in [0.1, 0.15) is 46.1 Å². The fourth-order valence-electron chi connectivity index (χ4n) is 6.87. The minimum absolute atomic E-state index is 0.0328. The van der Waals surface area contributed by atoms with Crippen molar-refractivity contribution in [1.82, 2.24) is 10.3 Å². The second-order valence-corrected chi connectivity index (χ2v) is 11.3. The lowest BCUT2D eigenvalue weighted by Crippen LogP contribution is -2.51. The predicted molar refractivity (Wildman–Crippen MR) is 147 cm³/mol. The first-order chi connectivity index (χ1) is 17.7. The van der Waals surface area contributed by atoms with Crippen molar-refractivity contribution in [3.63, 3.8) is 0 Å². The maximum absolute atomic E-state index is 14.1. The van der Waals surface area contributed by atoms with Gasteiger partial charge in [-0.2, -0.15) is 0 Å². The van der Waals surface area contributed by atoms with Gasteiger partial charge < -0.3 is 10.3 Å². The molecule has 1 aromatic carbocycles. The molecule has 5 nitrogen and oxygen atoms in total. The van der Waals surface area contributed by atoms with Crippen molar-refractivity contribution in [2.24, 2.45) is 29.1 Å². The van der Waals surface area contributed by atoms with E-state index in [2.05, 4.69) is 61.4 Å². The zero-order valence-corrected chi connectivity index (χ0v) is 22.1. The van der Waals surface area contributed by atoms with Gasteiger partial charge in [-0.05, 0) is 62.3 Å². The average molecular weight is 497 g/mol. The van der Waals surface area contributed by atoms with Gasteiger partial charge in [-0.25, -0.2) is 0 Å². The number of amides is 1. The first-order valence-corrected chi connectivity index (χ1v) is 13.3. The highest BCUT2D eigenvalue weighted by atomic mass is 16.2. The molecule has 1 aliphatic heterocycles. The van der Waals surface area contributed by atoms with Gasteiger partial charge in [0.15, 0.2) is 11.6 Å². The zero-order chi connectivity index (χ0) is 26.3. The molecule has 1 saturated heterocycles. The molecule has 5 rings (SSSR count). The minimum atomic E-state index is -1.28. The number of H-pyrrole nitrogens is 1. The second-order valence-electron chi connectivity index (χ2n) is 11.3. The molecular formula is C32H36N2O3. The fraction of sp³-hybridized carbons (Fsp3) is 0.406. The summed E-state index contributed by atoms with van der Waals surface area (Å²) >= 11 is 0. The Hall–Kier alpha value is -3.47. The van der Waals surface area contributed by atoms with Crippen molar-refractivity contribution in [2.75, 3.05) is 0 Å². The lowest BCUT2D eigenvalue weighted by atomic mass is 9.55. The van der Waals surface area contributed by atoms with Crippen molar-refractivity contribution in [1.29, 1.82) is 0 Å². The molecule has 2 aromatic rings. The molecule has 0 bridgehead atoms. The number of nitrogens with one attached hydrogen (secondary N) is 2. The van der Waals surface area contributed by atoms with E-state index in [1.807, 2.05) is 31.3 Å². The summed E-state index contributed by atoms with van der Waals surface area (Å²) in [6.07, 6.45) is 14.8. The van der Waals surface area contributed by atoms with Crippen LogP contribution in [0.15, 0.2) is 78.1 Å². The van der Waals surface area contributed by atoms with Crippen LogP contribution in [0.5, 0.6) is 0 Å². The monoisotopic (exact) mass is 496 g/mol. The summed E-state index contributed by atoms with van der Waals surface area (Å²) in [4.78, 5) is 44.1. The zero-order valence-electron chi connectivity index (χ0n) is 22.1. The lowest BCUT2D eigenvalue weighted by Gasteiger charge is -2.44. The summed E-state index contributed by atoms with van der Waals surface area (Å²) < 4.78 is 0. The van der Waals surface area contributed by atoms with Crippen LogP contribution in [0, 0.1) is 29.1 Å². The van der Waals surface area contributed by atoms with Gasteiger partial charge in [-0.1, -0.05) is 67.5 Å². The third kappa shape index (κ3) is 4.35. The van der Waals surface area contributed by atoms with Gasteiger partial charge in [0.25, 0.3) is 0 Å². The Labute approximate surface area is 218 Å². The molecule has 0 saturated carbocycles. The number of benzene rings is 1. The molecule has 2 heterocycles. The molecule has 3 aliphatic rings. The number of carbonyl (C=O) groups excluding carboxylic acids is 3.